The maximum Gasteiger partial charge on any atom is 0.235 e. The van der Waals surface area contributed by atoms with Crippen molar-refractivity contribution < 1.29 is 22.3 Å². The number of rotatable bonds is 3. The fraction of sp³-hybridized carbons (Fsp3) is 0.368. The molecule has 1 fully saturated rings. The van der Waals surface area contributed by atoms with E-state index in [-0.39, 0.29) is 22.6 Å². The molecule has 0 spiro atoms. The molecular formula is C19H20F2N4O4S. The first-order valence-electron chi connectivity index (χ1n) is 9.31. The van der Waals surface area contributed by atoms with E-state index in [2.05, 4.69) is 10.1 Å². The SMILES string of the molecule is Cn1nc(C2CCN(S(C)(=O)=O)CC2)c2c(=O)c(O)c(-c3c(F)cccc3F)[nH]c21. The number of sulfonamides is 1. The number of halogens is 2. The summed E-state index contributed by atoms with van der Waals surface area (Å²) in [6.45, 7) is 0.591. The summed E-state index contributed by atoms with van der Waals surface area (Å²) in [5.41, 5.74) is -1.02. The highest BCUT2D eigenvalue weighted by molar-refractivity contribution is 7.88. The number of hydrogen-bond acceptors (Lipinski definition) is 5. The quantitative estimate of drug-likeness (QED) is 0.651. The Labute approximate surface area is 170 Å². The first kappa shape index (κ1) is 20.5. The molecule has 0 bridgehead atoms. The predicted octanol–water partition coefficient (Wildman–Crippen LogP) is 2.05. The molecule has 1 aliphatic rings. The van der Waals surface area contributed by atoms with Crippen LogP contribution in [0.2, 0.25) is 0 Å². The van der Waals surface area contributed by atoms with E-state index in [4.69, 9.17) is 0 Å². The maximum atomic E-state index is 14.2. The van der Waals surface area contributed by atoms with Crippen molar-refractivity contribution in [3.8, 4) is 17.0 Å². The lowest BCUT2D eigenvalue weighted by Gasteiger charge is -2.29. The molecule has 0 saturated carbocycles. The monoisotopic (exact) mass is 438 g/mol. The molecule has 11 heteroatoms. The molecule has 2 N–H and O–H groups in total. The van der Waals surface area contributed by atoms with Gasteiger partial charge in [0.2, 0.25) is 15.5 Å². The van der Waals surface area contributed by atoms with Crippen LogP contribution in [-0.2, 0) is 17.1 Å². The number of nitrogens with zero attached hydrogens (tertiary/aromatic N) is 3. The van der Waals surface area contributed by atoms with Gasteiger partial charge >= 0.3 is 0 Å². The van der Waals surface area contributed by atoms with Gasteiger partial charge in [-0.1, -0.05) is 6.07 Å². The number of nitrogens with one attached hydrogen (secondary N) is 1. The van der Waals surface area contributed by atoms with Gasteiger partial charge in [0.1, 0.15) is 17.3 Å². The largest absolute Gasteiger partial charge is 0.503 e. The van der Waals surface area contributed by atoms with E-state index in [0.717, 1.165) is 18.4 Å². The van der Waals surface area contributed by atoms with Crippen LogP contribution >= 0.6 is 0 Å². The molecule has 1 saturated heterocycles. The van der Waals surface area contributed by atoms with Crippen molar-refractivity contribution in [1.82, 2.24) is 19.1 Å². The molecular weight excluding hydrogens is 418 g/mol. The molecule has 8 nitrogen and oxygen atoms in total. The lowest BCUT2D eigenvalue weighted by atomic mass is 9.92. The summed E-state index contributed by atoms with van der Waals surface area (Å²) in [4.78, 5) is 15.7. The van der Waals surface area contributed by atoms with E-state index in [1.54, 1.807) is 7.05 Å². The van der Waals surface area contributed by atoms with E-state index in [0.29, 0.717) is 31.6 Å². The highest BCUT2D eigenvalue weighted by atomic mass is 32.2. The third-order valence-electron chi connectivity index (χ3n) is 5.52. The number of benzene rings is 1. The van der Waals surface area contributed by atoms with Crippen molar-refractivity contribution in [2.45, 2.75) is 18.8 Å². The van der Waals surface area contributed by atoms with Gasteiger partial charge in [-0.25, -0.2) is 21.5 Å². The Hall–Kier alpha value is -2.79. The van der Waals surface area contributed by atoms with Gasteiger partial charge < -0.3 is 10.1 Å². The molecule has 1 aromatic carbocycles. The van der Waals surface area contributed by atoms with Crippen molar-refractivity contribution in [2.75, 3.05) is 19.3 Å². The molecule has 3 heterocycles. The van der Waals surface area contributed by atoms with Crippen LogP contribution in [0.25, 0.3) is 22.3 Å². The number of hydrogen-bond donors (Lipinski definition) is 2. The van der Waals surface area contributed by atoms with Gasteiger partial charge in [0.05, 0.1) is 28.6 Å². The van der Waals surface area contributed by atoms with Gasteiger partial charge in [-0.05, 0) is 25.0 Å². The fourth-order valence-electron chi connectivity index (χ4n) is 3.99. The number of pyridine rings is 1. The minimum Gasteiger partial charge on any atom is -0.503 e. The van der Waals surface area contributed by atoms with E-state index < -0.39 is 38.4 Å². The summed E-state index contributed by atoms with van der Waals surface area (Å²) in [6.07, 6.45) is 2.07. The second-order valence-electron chi connectivity index (χ2n) is 7.44. The minimum atomic E-state index is -3.30. The second kappa shape index (κ2) is 7.17. The number of piperidine rings is 1. The van der Waals surface area contributed by atoms with E-state index >= 15 is 0 Å². The Morgan fingerprint density at radius 1 is 1.20 bits per heavy atom. The van der Waals surface area contributed by atoms with Gasteiger partial charge in [-0.15, -0.1) is 0 Å². The van der Waals surface area contributed by atoms with Crippen LogP contribution in [0.3, 0.4) is 0 Å². The summed E-state index contributed by atoms with van der Waals surface area (Å²) in [5.74, 6) is -2.83. The first-order valence-corrected chi connectivity index (χ1v) is 11.2. The molecule has 0 radical (unpaired) electrons. The average Bonchev–Trinajstić information content (AvgIpc) is 3.01. The Morgan fingerprint density at radius 2 is 1.80 bits per heavy atom. The van der Waals surface area contributed by atoms with E-state index in [1.165, 1.54) is 15.1 Å². The number of aryl methyl sites for hydroxylation is 1. The summed E-state index contributed by atoms with van der Waals surface area (Å²) >= 11 is 0. The van der Waals surface area contributed by atoms with Gasteiger partial charge in [0.15, 0.2) is 5.75 Å². The maximum absolute atomic E-state index is 14.2. The number of aromatic hydroxyl groups is 1. The Bertz CT molecular complexity index is 1290. The molecule has 30 heavy (non-hydrogen) atoms. The highest BCUT2D eigenvalue weighted by Gasteiger charge is 2.31. The second-order valence-corrected chi connectivity index (χ2v) is 9.43. The van der Waals surface area contributed by atoms with Crippen LogP contribution < -0.4 is 5.43 Å². The van der Waals surface area contributed by atoms with Crippen LogP contribution in [0.15, 0.2) is 23.0 Å². The molecule has 1 aliphatic heterocycles. The normalized spacial score (nSPS) is 16.4. The Balaban J connectivity index is 1.83. The number of aromatic nitrogens is 3. The zero-order valence-corrected chi connectivity index (χ0v) is 17.1. The van der Waals surface area contributed by atoms with Crippen LogP contribution in [-0.4, -0.2) is 51.9 Å². The predicted molar refractivity (Wildman–Crippen MR) is 107 cm³/mol. The van der Waals surface area contributed by atoms with Crippen LogP contribution in [0.5, 0.6) is 5.75 Å². The van der Waals surface area contributed by atoms with Crippen LogP contribution in [0, 0.1) is 11.6 Å². The first-order chi connectivity index (χ1) is 14.1. The van der Waals surface area contributed by atoms with Crippen molar-refractivity contribution in [1.29, 1.82) is 0 Å². The number of fused-ring (bicyclic) bond motifs is 1. The van der Waals surface area contributed by atoms with Gasteiger partial charge in [0.25, 0.3) is 0 Å². The van der Waals surface area contributed by atoms with Gasteiger partial charge in [-0.3, -0.25) is 9.48 Å². The van der Waals surface area contributed by atoms with Crippen molar-refractivity contribution >= 4 is 21.1 Å². The molecule has 2 aromatic heterocycles. The lowest BCUT2D eigenvalue weighted by Crippen LogP contribution is -2.37. The molecule has 160 valence electrons. The zero-order valence-electron chi connectivity index (χ0n) is 16.3. The number of H-pyrrole nitrogens is 1. The van der Waals surface area contributed by atoms with Gasteiger partial charge in [-0.2, -0.15) is 5.10 Å². The third-order valence-corrected chi connectivity index (χ3v) is 6.82. The standard InChI is InChI=1S/C19H20F2N4O4S/c1-24-19-14(15(23-24)10-6-8-25(9-7-10)30(2,28)29)17(26)18(27)16(22-19)13-11(20)4-3-5-12(13)21/h3-5,10,27H,6-9H2,1-2H3,(H,22,26). The third kappa shape index (κ3) is 3.27. The van der Waals surface area contributed by atoms with Crippen LogP contribution in [0.4, 0.5) is 8.78 Å². The van der Waals surface area contributed by atoms with E-state index in [9.17, 15) is 27.1 Å². The van der Waals surface area contributed by atoms with Gasteiger partial charge in [0, 0.05) is 26.1 Å². The topological polar surface area (TPSA) is 108 Å². The van der Waals surface area contributed by atoms with E-state index in [1.807, 2.05) is 0 Å². The summed E-state index contributed by atoms with van der Waals surface area (Å²) in [5, 5.41) is 15.0. The smallest absolute Gasteiger partial charge is 0.235 e. The zero-order chi connectivity index (χ0) is 21.8. The fourth-order valence-corrected chi connectivity index (χ4v) is 4.86. The summed E-state index contributed by atoms with van der Waals surface area (Å²) < 4.78 is 54.7. The lowest BCUT2D eigenvalue weighted by molar-refractivity contribution is 0.318. The average molecular weight is 438 g/mol. The molecule has 3 aromatic rings. The Kier molecular flexibility index (Phi) is 4.89. The highest BCUT2D eigenvalue weighted by Crippen LogP contribution is 2.35. The molecule has 0 atom stereocenters. The summed E-state index contributed by atoms with van der Waals surface area (Å²) in [6, 6.07) is 3.25. The van der Waals surface area contributed by atoms with Crippen molar-refractivity contribution in [3.63, 3.8) is 0 Å². The molecule has 4 rings (SSSR count). The molecule has 0 amide bonds. The van der Waals surface area contributed by atoms with Crippen LogP contribution in [0.1, 0.15) is 24.5 Å². The minimum absolute atomic E-state index is 0.133. The Morgan fingerprint density at radius 3 is 2.37 bits per heavy atom. The molecule has 0 unspecified atom stereocenters. The van der Waals surface area contributed by atoms with Crippen molar-refractivity contribution in [3.05, 3.63) is 45.8 Å². The molecule has 0 aliphatic carbocycles. The van der Waals surface area contributed by atoms with Crippen molar-refractivity contribution in [2.24, 2.45) is 7.05 Å². The number of aromatic amines is 1. The summed E-state index contributed by atoms with van der Waals surface area (Å²) in [7, 11) is -1.72.